The van der Waals surface area contributed by atoms with Crippen molar-refractivity contribution in [1.29, 1.82) is 0 Å². The summed E-state index contributed by atoms with van der Waals surface area (Å²) in [4.78, 5) is 14.9. The van der Waals surface area contributed by atoms with Crippen molar-refractivity contribution < 1.29 is 22.7 Å². The molecule has 1 saturated carbocycles. The molecule has 3 heterocycles. The van der Waals surface area contributed by atoms with E-state index >= 15 is 0 Å². The fourth-order valence-electron chi connectivity index (χ4n) is 5.27. The van der Waals surface area contributed by atoms with Gasteiger partial charge in [-0.2, -0.15) is 0 Å². The van der Waals surface area contributed by atoms with Gasteiger partial charge < -0.3 is 14.4 Å². The number of fused-ring (bicyclic) bond motifs is 5. The van der Waals surface area contributed by atoms with E-state index in [-0.39, 0.29) is 30.7 Å². The fourth-order valence-corrected chi connectivity index (χ4v) is 6.26. The number of ether oxygens (including phenoxy) is 2. The van der Waals surface area contributed by atoms with Crippen molar-refractivity contribution in [2.24, 2.45) is 0 Å². The van der Waals surface area contributed by atoms with Crippen LogP contribution >= 0.6 is 11.6 Å². The molecule has 0 radical (unpaired) electrons. The predicted molar refractivity (Wildman–Crippen MR) is 119 cm³/mol. The summed E-state index contributed by atoms with van der Waals surface area (Å²) in [5.74, 6) is 0.892. The fraction of sp³-hybridized carbons (Fsp3) is 0.682. The van der Waals surface area contributed by atoms with Crippen molar-refractivity contribution in [3.05, 3.63) is 28.3 Å². The lowest BCUT2D eigenvalue weighted by atomic mass is 9.80. The standard InChI is InChI=1S/C22H31ClN2O5S/c1-14-17(23)9-10-20-22(14)15-5-7-16(8-6-15)29-12-19-18(24-31(2,27)28)4-3-11-25(19)21(26)13-30-20/h9-10,15-16,18-19,24H,3-8,11-13H2,1-2H3/t15-,16+,18-,19?/m0/s1. The molecule has 2 atom stereocenters. The number of hydrogen-bond donors (Lipinski definition) is 1. The Kier molecular flexibility index (Phi) is 6.82. The quantitative estimate of drug-likeness (QED) is 0.718. The first-order valence-corrected chi connectivity index (χ1v) is 13.3. The highest BCUT2D eigenvalue weighted by Crippen LogP contribution is 2.42. The summed E-state index contributed by atoms with van der Waals surface area (Å²) < 4.78 is 38.8. The minimum absolute atomic E-state index is 0.0910. The number of sulfonamides is 1. The number of carbonyl (C=O) groups excluding carboxylic acids is 1. The van der Waals surface area contributed by atoms with Crippen molar-refractivity contribution in [3.8, 4) is 5.75 Å². The number of carbonyl (C=O) groups is 1. The molecule has 2 fully saturated rings. The maximum atomic E-state index is 13.1. The maximum Gasteiger partial charge on any atom is 0.260 e. The van der Waals surface area contributed by atoms with Gasteiger partial charge in [0, 0.05) is 23.2 Å². The van der Waals surface area contributed by atoms with Crippen molar-refractivity contribution in [2.75, 3.05) is 26.0 Å². The van der Waals surface area contributed by atoms with Crippen LogP contribution in [-0.2, 0) is 19.6 Å². The van der Waals surface area contributed by atoms with E-state index in [4.69, 9.17) is 21.1 Å². The lowest BCUT2D eigenvalue weighted by Gasteiger charge is -2.41. The predicted octanol–water partition coefficient (Wildman–Crippen LogP) is 2.99. The van der Waals surface area contributed by atoms with Gasteiger partial charge >= 0.3 is 0 Å². The zero-order valence-electron chi connectivity index (χ0n) is 18.1. The highest BCUT2D eigenvalue weighted by atomic mass is 35.5. The number of rotatable bonds is 2. The van der Waals surface area contributed by atoms with Gasteiger partial charge in [0.05, 0.1) is 25.0 Å². The molecule has 0 aromatic heterocycles. The van der Waals surface area contributed by atoms with Crippen molar-refractivity contribution in [1.82, 2.24) is 9.62 Å². The Morgan fingerprint density at radius 3 is 2.61 bits per heavy atom. The molecule has 0 spiro atoms. The average Bonchev–Trinajstić information content (AvgIpc) is 2.73. The van der Waals surface area contributed by atoms with E-state index in [1.165, 1.54) is 0 Å². The Morgan fingerprint density at radius 1 is 1.16 bits per heavy atom. The van der Waals surface area contributed by atoms with Gasteiger partial charge in [0.1, 0.15) is 5.75 Å². The summed E-state index contributed by atoms with van der Waals surface area (Å²) in [5.41, 5.74) is 2.11. The van der Waals surface area contributed by atoms with Gasteiger partial charge in [-0.05, 0) is 69.1 Å². The minimum atomic E-state index is -3.40. The van der Waals surface area contributed by atoms with Crippen LogP contribution in [0.3, 0.4) is 0 Å². The van der Waals surface area contributed by atoms with Gasteiger partial charge in [-0.25, -0.2) is 13.1 Å². The van der Waals surface area contributed by atoms with E-state index in [1.807, 2.05) is 19.1 Å². The van der Waals surface area contributed by atoms with Crippen LogP contribution in [0.25, 0.3) is 0 Å². The lowest BCUT2D eigenvalue weighted by molar-refractivity contribution is -0.140. The molecule has 4 aliphatic rings. The Morgan fingerprint density at radius 2 is 1.90 bits per heavy atom. The van der Waals surface area contributed by atoms with Crippen LogP contribution in [0.2, 0.25) is 5.02 Å². The van der Waals surface area contributed by atoms with Crippen LogP contribution in [0.4, 0.5) is 0 Å². The largest absolute Gasteiger partial charge is 0.483 e. The number of benzene rings is 1. The molecule has 1 aromatic rings. The molecule has 1 N–H and O–H groups in total. The molecule has 3 aliphatic heterocycles. The maximum absolute atomic E-state index is 13.1. The van der Waals surface area contributed by atoms with Crippen LogP contribution in [0.15, 0.2) is 12.1 Å². The van der Waals surface area contributed by atoms with E-state index < -0.39 is 10.0 Å². The first-order chi connectivity index (χ1) is 14.7. The summed E-state index contributed by atoms with van der Waals surface area (Å²) in [5, 5.41) is 0.710. The van der Waals surface area contributed by atoms with Crippen molar-refractivity contribution in [2.45, 2.75) is 69.6 Å². The number of hydrogen-bond acceptors (Lipinski definition) is 5. The molecule has 1 unspecified atom stereocenters. The van der Waals surface area contributed by atoms with E-state index in [1.54, 1.807) is 4.90 Å². The molecular formula is C22H31ClN2O5S. The van der Waals surface area contributed by atoms with Crippen LogP contribution in [0.1, 0.15) is 55.6 Å². The highest BCUT2D eigenvalue weighted by molar-refractivity contribution is 7.88. The van der Waals surface area contributed by atoms with E-state index in [0.717, 1.165) is 55.2 Å². The second-order valence-corrected chi connectivity index (χ2v) is 11.2. The Labute approximate surface area is 189 Å². The highest BCUT2D eigenvalue weighted by Gasteiger charge is 2.38. The Hall–Kier alpha value is -1.35. The molecule has 1 amide bonds. The molecule has 5 rings (SSSR count). The summed E-state index contributed by atoms with van der Waals surface area (Å²) >= 11 is 6.41. The van der Waals surface area contributed by atoms with Gasteiger partial charge in [0.2, 0.25) is 10.0 Å². The van der Waals surface area contributed by atoms with Crippen LogP contribution in [-0.4, -0.2) is 63.4 Å². The zero-order valence-corrected chi connectivity index (χ0v) is 19.7. The Balaban J connectivity index is 1.65. The first-order valence-electron chi connectivity index (χ1n) is 11.0. The summed E-state index contributed by atoms with van der Waals surface area (Å²) in [6.45, 7) is 2.81. The molecule has 1 saturated heterocycles. The minimum Gasteiger partial charge on any atom is -0.483 e. The molecule has 31 heavy (non-hydrogen) atoms. The molecular weight excluding hydrogens is 440 g/mol. The third kappa shape index (κ3) is 5.18. The lowest BCUT2D eigenvalue weighted by Crippen LogP contribution is -2.59. The van der Waals surface area contributed by atoms with Crippen LogP contribution < -0.4 is 9.46 Å². The third-order valence-electron chi connectivity index (χ3n) is 6.81. The van der Waals surface area contributed by atoms with Gasteiger partial charge in [0.25, 0.3) is 5.91 Å². The summed E-state index contributed by atoms with van der Waals surface area (Å²) in [6, 6.07) is 2.98. The topological polar surface area (TPSA) is 84.9 Å². The van der Waals surface area contributed by atoms with Crippen molar-refractivity contribution in [3.63, 3.8) is 0 Å². The van der Waals surface area contributed by atoms with Crippen LogP contribution in [0, 0.1) is 6.92 Å². The molecule has 172 valence electrons. The second kappa shape index (κ2) is 9.25. The normalized spacial score (nSPS) is 29.8. The number of halogens is 1. The number of nitrogens with zero attached hydrogens (tertiary/aromatic N) is 1. The number of nitrogens with one attached hydrogen (secondary N) is 1. The first kappa shape index (κ1) is 22.8. The van der Waals surface area contributed by atoms with Crippen molar-refractivity contribution >= 4 is 27.5 Å². The van der Waals surface area contributed by atoms with E-state index in [0.29, 0.717) is 30.5 Å². The molecule has 2 bridgehead atoms. The SMILES string of the molecule is Cc1c(Cl)ccc2c1[C@H]1CC[C@H](CC1)OCC1[C@@H](NS(C)(=O)=O)CCCN1C(=O)CO2. The van der Waals surface area contributed by atoms with Gasteiger partial charge in [-0.3, -0.25) is 4.79 Å². The van der Waals surface area contributed by atoms with Gasteiger partial charge in [0.15, 0.2) is 6.61 Å². The van der Waals surface area contributed by atoms with Gasteiger partial charge in [-0.15, -0.1) is 0 Å². The summed E-state index contributed by atoms with van der Waals surface area (Å²) in [7, 11) is -3.40. The second-order valence-electron chi connectivity index (χ2n) is 8.97. The molecule has 1 aliphatic carbocycles. The van der Waals surface area contributed by atoms with Crippen LogP contribution in [0.5, 0.6) is 5.75 Å². The third-order valence-corrected chi connectivity index (χ3v) is 7.95. The number of piperidine rings is 1. The molecule has 9 heteroatoms. The van der Waals surface area contributed by atoms with E-state index in [9.17, 15) is 13.2 Å². The van der Waals surface area contributed by atoms with Gasteiger partial charge in [-0.1, -0.05) is 11.6 Å². The average molecular weight is 471 g/mol. The zero-order chi connectivity index (χ0) is 22.2. The smallest absolute Gasteiger partial charge is 0.260 e. The Bertz CT molecular complexity index is 930. The summed E-state index contributed by atoms with van der Waals surface area (Å²) in [6.07, 6.45) is 6.44. The van der Waals surface area contributed by atoms with E-state index in [2.05, 4.69) is 4.72 Å². The number of amides is 1. The molecule has 7 nitrogen and oxygen atoms in total. The monoisotopic (exact) mass is 470 g/mol. The molecule has 1 aromatic carbocycles.